The lowest BCUT2D eigenvalue weighted by Crippen LogP contribution is -2.10. The smallest absolute Gasteiger partial charge is 0.126 e. The van der Waals surface area contributed by atoms with E-state index in [0.29, 0.717) is 11.7 Å². The van der Waals surface area contributed by atoms with Gasteiger partial charge in [0.05, 0.1) is 0 Å². The number of aliphatic hydroxyl groups excluding tert-OH is 1. The van der Waals surface area contributed by atoms with E-state index in [1.54, 1.807) is 0 Å². The lowest BCUT2D eigenvalue weighted by Gasteiger charge is -2.23. The molecule has 0 heterocycles. The van der Waals surface area contributed by atoms with Crippen LogP contribution in [0.2, 0.25) is 0 Å². The lowest BCUT2D eigenvalue weighted by atomic mass is 9.83. The third kappa shape index (κ3) is 3.98. The van der Waals surface area contributed by atoms with Crippen molar-refractivity contribution in [3.8, 4) is 0 Å². The number of aliphatic hydroxyl groups is 1. The normalized spacial score (nSPS) is 18.7. The Morgan fingerprint density at radius 2 is 1.62 bits per heavy atom. The second-order valence-corrected chi connectivity index (χ2v) is 4.37. The van der Waals surface area contributed by atoms with Crippen molar-refractivity contribution in [3.05, 3.63) is 77.6 Å². The van der Waals surface area contributed by atoms with Crippen LogP contribution < -0.4 is 0 Å². The van der Waals surface area contributed by atoms with E-state index in [2.05, 4.69) is 12.2 Å². The van der Waals surface area contributed by atoms with Crippen LogP contribution in [0.5, 0.6) is 0 Å². The van der Waals surface area contributed by atoms with Crippen LogP contribution in [-0.2, 0) is 0 Å². The Labute approximate surface area is 129 Å². The number of hydrogen-bond donors (Lipinski definition) is 1. The van der Waals surface area contributed by atoms with Crippen molar-refractivity contribution in [1.29, 1.82) is 0 Å². The van der Waals surface area contributed by atoms with Gasteiger partial charge in [-0.15, -0.1) is 0 Å². The number of fused-ring (bicyclic) bond motifs is 1. The molecule has 1 unspecified atom stereocenters. The Morgan fingerprint density at radius 1 is 0.952 bits per heavy atom. The molecule has 1 heteroatoms. The summed E-state index contributed by atoms with van der Waals surface area (Å²) in [6, 6.07) is 10.0. The maximum absolute atomic E-state index is 10.3. The molecule has 1 N–H and O–H groups in total. The Morgan fingerprint density at radius 3 is 2.29 bits per heavy atom. The lowest BCUT2D eigenvalue weighted by molar-refractivity contribution is 0.422. The predicted molar refractivity (Wildman–Crippen MR) is 93.2 cm³/mol. The topological polar surface area (TPSA) is 20.2 Å². The van der Waals surface area contributed by atoms with Gasteiger partial charge in [0.25, 0.3) is 0 Å². The van der Waals surface area contributed by atoms with Crippen LogP contribution in [0.25, 0.3) is 5.57 Å². The zero-order valence-corrected chi connectivity index (χ0v) is 13.5. The summed E-state index contributed by atoms with van der Waals surface area (Å²) in [5.74, 6) is 0.764. The van der Waals surface area contributed by atoms with E-state index in [1.165, 1.54) is 0 Å². The van der Waals surface area contributed by atoms with Crippen molar-refractivity contribution in [2.24, 2.45) is 5.92 Å². The molecule has 1 atom stereocenters. The maximum Gasteiger partial charge on any atom is 0.126 e. The molecule has 112 valence electrons. The van der Waals surface area contributed by atoms with E-state index in [9.17, 15) is 5.11 Å². The van der Waals surface area contributed by atoms with Crippen LogP contribution in [0.4, 0.5) is 0 Å². The first-order valence-electron chi connectivity index (χ1n) is 7.90. The minimum atomic E-state index is 0.340. The Balaban J connectivity index is 0.000000510. The average molecular weight is 282 g/mol. The molecule has 2 aliphatic carbocycles. The Bertz CT molecular complexity index is 544. The molecule has 0 bridgehead atoms. The summed E-state index contributed by atoms with van der Waals surface area (Å²) in [5, 5.41) is 10.3. The molecule has 2 aliphatic rings. The van der Waals surface area contributed by atoms with Gasteiger partial charge in [-0.05, 0) is 12.0 Å². The van der Waals surface area contributed by atoms with Gasteiger partial charge < -0.3 is 5.11 Å². The van der Waals surface area contributed by atoms with E-state index < -0.39 is 0 Å². The molecule has 1 aromatic carbocycles. The second-order valence-electron chi connectivity index (χ2n) is 4.37. The van der Waals surface area contributed by atoms with Gasteiger partial charge in [0.1, 0.15) is 5.76 Å². The van der Waals surface area contributed by atoms with Crippen LogP contribution in [0.1, 0.15) is 39.7 Å². The fourth-order valence-electron chi connectivity index (χ4n) is 2.41. The minimum absolute atomic E-state index is 0.340. The fraction of sp³-hybridized carbons (Fsp3) is 0.300. The first-order valence-corrected chi connectivity index (χ1v) is 7.90. The number of benzene rings is 1. The van der Waals surface area contributed by atoms with Crippen molar-refractivity contribution < 1.29 is 5.11 Å². The molecule has 1 nitrogen and oxygen atoms in total. The van der Waals surface area contributed by atoms with Gasteiger partial charge in [-0.2, -0.15) is 0 Å². The second kappa shape index (κ2) is 9.02. The van der Waals surface area contributed by atoms with Gasteiger partial charge in [0, 0.05) is 17.1 Å². The van der Waals surface area contributed by atoms with E-state index in [-0.39, 0.29) is 0 Å². The van der Waals surface area contributed by atoms with Crippen molar-refractivity contribution in [2.45, 2.75) is 34.1 Å². The van der Waals surface area contributed by atoms with Crippen LogP contribution in [0.3, 0.4) is 0 Å². The van der Waals surface area contributed by atoms with Crippen LogP contribution >= 0.6 is 0 Å². The highest BCUT2D eigenvalue weighted by Gasteiger charge is 2.22. The van der Waals surface area contributed by atoms with Gasteiger partial charge in [-0.25, -0.2) is 0 Å². The van der Waals surface area contributed by atoms with Crippen LogP contribution in [-0.4, -0.2) is 5.11 Å². The monoisotopic (exact) mass is 282 g/mol. The van der Waals surface area contributed by atoms with E-state index >= 15 is 0 Å². The van der Waals surface area contributed by atoms with Crippen LogP contribution in [0, 0.1) is 5.92 Å². The summed E-state index contributed by atoms with van der Waals surface area (Å²) >= 11 is 0. The Hall–Kier alpha value is -2.02. The summed E-state index contributed by atoms with van der Waals surface area (Å²) in [7, 11) is 0. The number of hydrogen-bond acceptors (Lipinski definition) is 1. The first kappa shape index (κ1) is 17.0. The maximum atomic E-state index is 10.3. The molecule has 21 heavy (non-hydrogen) atoms. The summed E-state index contributed by atoms with van der Waals surface area (Å²) in [4.78, 5) is 0. The highest BCUT2D eigenvalue weighted by atomic mass is 16.3. The number of allylic oxidation sites excluding steroid dienone is 7. The first-order chi connectivity index (χ1) is 10.4. The molecule has 0 saturated heterocycles. The molecule has 0 spiro atoms. The zero-order valence-electron chi connectivity index (χ0n) is 13.5. The highest BCUT2D eigenvalue weighted by molar-refractivity contribution is 5.80. The van der Waals surface area contributed by atoms with Crippen LogP contribution in [0.15, 0.2) is 72.0 Å². The summed E-state index contributed by atoms with van der Waals surface area (Å²) in [6.45, 7) is 8.00. The highest BCUT2D eigenvalue weighted by Crippen LogP contribution is 2.36. The summed E-state index contributed by atoms with van der Waals surface area (Å²) < 4.78 is 0. The largest absolute Gasteiger partial charge is 0.507 e. The average Bonchev–Trinajstić information content (AvgIpc) is 2.60. The molecule has 0 fully saturated rings. The summed E-state index contributed by atoms with van der Waals surface area (Å²) in [5.41, 5.74) is 3.07. The molecular weight excluding hydrogens is 256 g/mol. The molecule has 3 rings (SSSR count). The van der Waals surface area contributed by atoms with E-state index in [1.807, 2.05) is 76.3 Å². The third-order valence-electron chi connectivity index (χ3n) is 3.32. The Kier molecular flexibility index (Phi) is 7.31. The zero-order chi connectivity index (χ0) is 15.7. The molecule has 0 radical (unpaired) electrons. The molecule has 1 aromatic rings. The van der Waals surface area contributed by atoms with E-state index in [0.717, 1.165) is 23.1 Å². The molecule has 0 saturated carbocycles. The number of rotatable bonds is 1. The minimum Gasteiger partial charge on any atom is -0.507 e. The van der Waals surface area contributed by atoms with Gasteiger partial charge in [-0.3, -0.25) is 0 Å². The summed E-state index contributed by atoms with van der Waals surface area (Å²) in [6.07, 6.45) is 11.3. The van der Waals surface area contributed by atoms with Gasteiger partial charge in [0.15, 0.2) is 0 Å². The standard InChI is InChI=1S/C16H14O.2C2H6/c17-16-14-9-5-4-8-13(14)10-11-15(16)12-6-2-1-3-7-12;2*1-2/h1-9,11,13,17H,10H2;2*1-2H3. The SMILES string of the molecule is CC.CC.OC1=C2C=CC=CC2CC=C1c1ccccc1. The van der Waals surface area contributed by atoms with Gasteiger partial charge >= 0.3 is 0 Å². The molecular formula is C20H26O. The van der Waals surface area contributed by atoms with Crippen molar-refractivity contribution in [2.75, 3.05) is 0 Å². The predicted octanol–water partition coefficient (Wildman–Crippen LogP) is 6.08. The van der Waals surface area contributed by atoms with Crippen molar-refractivity contribution >= 4 is 5.57 Å². The molecule has 0 amide bonds. The third-order valence-corrected chi connectivity index (χ3v) is 3.32. The molecule has 0 aliphatic heterocycles. The fourth-order valence-corrected chi connectivity index (χ4v) is 2.41. The quantitative estimate of drug-likeness (QED) is 0.661. The van der Waals surface area contributed by atoms with Gasteiger partial charge in [-0.1, -0.05) is 88.4 Å². The van der Waals surface area contributed by atoms with Gasteiger partial charge in [0.2, 0.25) is 0 Å². The van der Waals surface area contributed by atoms with Crippen molar-refractivity contribution in [1.82, 2.24) is 0 Å². The van der Waals surface area contributed by atoms with E-state index in [4.69, 9.17) is 0 Å². The van der Waals surface area contributed by atoms with Crippen molar-refractivity contribution in [3.63, 3.8) is 0 Å². The molecule has 0 aromatic heterocycles.